The van der Waals surface area contributed by atoms with Gasteiger partial charge in [-0.15, -0.1) is 0 Å². The van der Waals surface area contributed by atoms with Crippen molar-refractivity contribution in [1.29, 1.82) is 0 Å². The molecule has 0 saturated carbocycles. The van der Waals surface area contributed by atoms with Crippen LogP contribution in [0.1, 0.15) is 50.0 Å². The zero-order valence-electron chi connectivity index (χ0n) is 12.5. The van der Waals surface area contributed by atoms with Crippen LogP contribution in [-0.2, 0) is 6.54 Å². The highest BCUT2D eigenvalue weighted by atomic mass is 16.5. The lowest BCUT2D eigenvalue weighted by Crippen LogP contribution is -2.22. The van der Waals surface area contributed by atoms with E-state index in [1.165, 1.54) is 0 Å². The molecular formula is C16H25NO2. The average Bonchev–Trinajstić information content (AvgIpc) is 2.42. The first-order valence-electron chi connectivity index (χ1n) is 7.11. The van der Waals surface area contributed by atoms with Crippen molar-refractivity contribution >= 4 is 5.78 Å². The van der Waals surface area contributed by atoms with Crippen molar-refractivity contribution < 1.29 is 9.53 Å². The Hall–Kier alpha value is -1.35. The zero-order valence-corrected chi connectivity index (χ0v) is 12.5. The fraction of sp³-hybridized carbons (Fsp3) is 0.562. The molecule has 0 aliphatic rings. The van der Waals surface area contributed by atoms with Crippen molar-refractivity contribution in [2.24, 2.45) is 0 Å². The van der Waals surface area contributed by atoms with Crippen LogP contribution in [0.5, 0.6) is 5.75 Å². The molecule has 0 aliphatic heterocycles. The third-order valence-corrected chi connectivity index (χ3v) is 3.22. The molecule has 3 nitrogen and oxygen atoms in total. The molecule has 106 valence electrons. The molecule has 1 rings (SSSR count). The van der Waals surface area contributed by atoms with Gasteiger partial charge in [0.2, 0.25) is 0 Å². The van der Waals surface area contributed by atoms with Gasteiger partial charge >= 0.3 is 0 Å². The Labute approximate surface area is 116 Å². The molecule has 0 amide bonds. The van der Waals surface area contributed by atoms with Gasteiger partial charge in [0.25, 0.3) is 0 Å². The van der Waals surface area contributed by atoms with Crippen LogP contribution in [0.2, 0.25) is 0 Å². The molecule has 0 N–H and O–H groups in total. The van der Waals surface area contributed by atoms with E-state index in [1.807, 2.05) is 18.2 Å². The standard InChI is InChI=1S/C16H25NO2/c1-5-10-19-16-9-8-14(13(4)18)11-15(16)12-17(6-2)7-3/h8-9,11H,5-7,10,12H2,1-4H3. The lowest BCUT2D eigenvalue weighted by atomic mass is 10.1. The van der Waals surface area contributed by atoms with Gasteiger partial charge in [-0.1, -0.05) is 20.8 Å². The fourth-order valence-electron chi connectivity index (χ4n) is 1.96. The number of carbonyl (C=O) groups is 1. The van der Waals surface area contributed by atoms with E-state index in [4.69, 9.17) is 4.74 Å². The molecule has 0 unspecified atom stereocenters. The van der Waals surface area contributed by atoms with Crippen molar-refractivity contribution in [3.63, 3.8) is 0 Å². The quantitative estimate of drug-likeness (QED) is 0.672. The molecule has 1 aromatic rings. The number of nitrogens with zero attached hydrogens (tertiary/aromatic N) is 1. The number of rotatable bonds is 8. The molecule has 3 heteroatoms. The van der Waals surface area contributed by atoms with Gasteiger partial charge in [0.1, 0.15) is 5.75 Å². The molecule has 0 saturated heterocycles. The summed E-state index contributed by atoms with van der Waals surface area (Å²) in [6.07, 6.45) is 0.985. The van der Waals surface area contributed by atoms with Crippen LogP contribution in [-0.4, -0.2) is 30.4 Å². The summed E-state index contributed by atoms with van der Waals surface area (Å²) in [6, 6.07) is 5.73. The summed E-state index contributed by atoms with van der Waals surface area (Å²) in [6.45, 7) is 11.5. The van der Waals surface area contributed by atoms with Crippen molar-refractivity contribution in [1.82, 2.24) is 4.90 Å². The van der Waals surface area contributed by atoms with Gasteiger partial charge in [0.05, 0.1) is 6.61 Å². The Morgan fingerprint density at radius 2 is 1.89 bits per heavy atom. The Morgan fingerprint density at radius 1 is 1.21 bits per heavy atom. The molecule has 1 aromatic carbocycles. The molecule has 0 fully saturated rings. The first-order chi connectivity index (χ1) is 9.12. The molecule has 0 aromatic heterocycles. The average molecular weight is 263 g/mol. The number of ketones is 1. The second-order valence-electron chi connectivity index (χ2n) is 4.69. The largest absolute Gasteiger partial charge is 0.493 e. The summed E-state index contributed by atoms with van der Waals surface area (Å²) in [5.74, 6) is 1.00. The van der Waals surface area contributed by atoms with Crippen LogP contribution in [0.25, 0.3) is 0 Å². The van der Waals surface area contributed by atoms with E-state index in [0.717, 1.165) is 42.9 Å². The van der Waals surface area contributed by atoms with Crippen molar-refractivity contribution in [2.75, 3.05) is 19.7 Å². The normalized spacial score (nSPS) is 10.8. The topological polar surface area (TPSA) is 29.5 Å². The van der Waals surface area contributed by atoms with Gasteiger partial charge in [0.15, 0.2) is 5.78 Å². The van der Waals surface area contributed by atoms with Crippen LogP contribution in [0, 0.1) is 0 Å². The summed E-state index contributed by atoms with van der Waals surface area (Å²) >= 11 is 0. The number of benzene rings is 1. The number of hydrogen-bond acceptors (Lipinski definition) is 3. The minimum Gasteiger partial charge on any atom is -0.493 e. The predicted octanol–water partition coefficient (Wildman–Crippen LogP) is 3.52. The minimum atomic E-state index is 0.0999. The first kappa shape index (κ1) is 15.7. The van der Waals surface area contributed by atoms with Crippen LogP contribution in [0.15, 0.2) is 18.2 Å². The van der Waals surface area contributed by atoms with Crippen LogP contribution >= 0.6 is 0 Å². The van der Waals surface area contributed by atoms with Crippen LogP contribution in [0.4, 0.5) is 0 Å². The predicted molar refractivity (Wildman–Crippen MR) is 78.9 cm³/mol. The summed E-state index contributed by atoms with van der Waals surface area (Å²) < 4.78 is 5.77. The van der Waals surface area contributed by atoms with E-state index in [2.05, 4.69) is 25.7 Å². The summed E-state index contributed by atoms with van der Waals surface area (Å²) in [4.78, 5) is 13.8. The van der Waals surface area contributed by atoms with Gasteiger partial charge in [0, 0.05) is 17.7 Å². The maximum absolute atomic E-state index is 11.5. The second-order valence-corrected chi connectivity index (χ2v) is 4.69. The molecule has 0 aliphatic carbocycles. The van der Waals surface area contributed by atoms with E-state index in [9.17, 15) is 4.79 Å². The van der Waals surface area contributed by atoms with Gasteiger partial charge in [-0.05, 0) is 44.6 Å². The smallest absolute Gasteiger partial charge is 0.159 e. The Bertz CT molecular complexity index is 411. The van der Waals surface area contributed by atoms with E-state index in [1.54, 1.807) is 6.92 Å². The Kier molecular flexibility index (Phi) is 6.57. The van der Waals surface area contributed by atoms with E-state index in [-0.39, 0.29) is 5.78 Å². The molecule has 0 bridgehead atoms. The minimum absolute atomic E-state index is 0.0999. The summed E-state index contributed by atoms with van der Waals surface area (Å²) in [5, 5.41) is 0. The van der Waals surface area contributed by atoms with Crippen molar-refractivity contribution in [3.05, 3.63) is 29.3 Å². The van der Waals surface area contributed by atoms with E-state index >= 15 is 0 Å². The van der Waals surface area contributed by atoms with Crippen molar-refractivity contribution in [3.8, 4) is 5.75 Å². The van der Waals surface area contributed by atoms with Crippen LogP contribution in [0.3, 0.4) is 0 Å². The summed E-state index contributed by atoms with van der Waals surface area (Å²) in [7, 11) is 0. The maximum atomic E-state index is 11.5. The zero-order chi connectivity index (χ0) is 14.3. The Balaban J connectivity index is 2.99. The molecule has 0 spiro atoms. The first-order valence-corrected chi connectivity index (χ1v) is 7.11. The molecule has 0 heterocycles. The van der Waals surface area contributed by atoms with Gasteiger partial charge in [-0.3, -0.25) is 9.69 Å². The third kappa shape index (κ3) is 4.67. The number of ether oxygens (including phenoxy) is 1. The van der Waals surface area contributed by atoms with Crippen molar-refractivity contribution in [2.45, 2.75) is 40.7 Å². The number of carbonyl (C=O) groups excluding carboxylic acids is 1. The Morgan fingerprint density at radius 3 is 2.42 bits per heavy atom. The fourth-order valence-corrected chi connectivity index (χ4v) is 1.96. The van der Waals surface area contributed by atoms with Gasteiger partial charge in [-0.25, -0.2) is 0 Å². The monoisotopic (exact) mass is 263 g/mol. The molecule has 0 radical (unpaired) electrons. The molecular weight excluding hydrogens is 238 g/mol. The maximum Gasteiger partial charge on any atom is 0.159 e. The molecule has 0 atom stereocenters. The highest BCUT2D eigenvalue weighted by Crippen LogP contribution is 2.22. The number of hydrogen-bond donors (Lipinski definition) is 0. The second kappa shape index (κ2) is 7.95. The van der Waals surface area contributed by atoms with Gasteiger partial charge < -0.3 is 4.74 Å². The third-order valence-electron chi connectivity index (χ3n) is 3.22. The summed E-state index contributed by atoms with van der Waals surface area (Å²) in [5.41, 5.74) is 1.86. The molecule has 19 heavy (non-hydrogen) atoms. The van der Waals surface area contributed by atoms with Crippen LogP contribution < -0.4 is 4.74 Å². The lowest BCUT2D eigenvalue weighted by Gasteiger charge is -2.20. The SMILES string of the molecule is CCCOc1ccc(C(C)=O)cc1CN(CC)CC. The lowest BCUT2D eigenvalue weighted by molar-refractivity contribution is 0.101. The van der Waals surface area contributed by atoms with E-state index < -0.39 is 0 Å². The highest BCUT2D eigenvalue weighted by molar-refractivity contribution is 5.94. The highest BCUT2D eigenvalue weighted by Gasteiger charge is 2.10. The van der Waals surface area contributed by atoms with E-state index in [0.29, 0.717) is 6.61 Å². The van der Waals surface area contributed by atoms with Gasteiger partial charge in [-0.2, -0.15) is 0 Å². The number of Topliss-reactive ketones (excluding diaryl/α,β-unsaturated/α-hetero) is 1.